The standard InChI is InChI=1S/C4H2F8O4S2/c5-1(6,3(9,10)17-16-13)2(7,8)4(11,12)18(14)15/h13H,(H,14,15). The predicted molar refractivity (Wildman–Crippen MR) is 41.9 cm³/mol. The third-order valence-electron chi connectivity index (χ3n) is 1.49. The van der Waals surface area contributed by atoms with E-state index in [-0.39, 0.29) is 0 Å². The fourth-order valence-electron chi connectivity index (χ4n) is 0.574. The van der Waals surface area contributed by atoms with Crippen molar-refractivity contribution in [2.24, 2.45) is 0 Å². The molecule has 110 valence electrons. The number of alkyl halides is 8. The van der Waals surface area contributed by atoms with Crippen LogP contribution < -0.4 is 0 Å². The van der Waals surface area contributed by atoms with Gasteiger partial charge in [0.25, 0.3) is 0 Å². The Hall–Kier alpha value is -0.180. The molecule has 2 N–H and O–H groups in total. The number of halogens is 8. The second-order valence-electron chi connectivity index (χ2n) is 2.59. The molecule has 0 saturated heterocycles. The summed E-state index contributed by atoms with van der Waals surface area (Å²) < 4.78 is 120. The van der Waals surface area contributed by atoms with Gasteiger partial charge in [0.05, 0.1) is 0 Å². The van der Waals surface area contributed by atoms with Crippen molar-refractivity contribution in [2.75, 3.05) is 0 Å². The summed E-state index contributed by atoms with van der Waals surface area (Å²) in [6.07, 6.45) is 0. The van der Waals surface area contributed by atoms with Gasteiger partial charge in [-0.15, -0.1) is 0 Å². The molecule has 0 aromatic heterocycles. The minimum atomic E-state index is -6.88. The minimum Gasteiger partial charge on any atom is -0.301 e. The maximum absolute atomic E-state index is 12.6. The van der Waals surface area contributed by atoms with Crippen LogP contribution in [0.2, 0.25) is 0 Å². The van der Waals surface area contributed by atoms with Crippen molar-refractivity contribution in [1.29, 1.82) is 0 Å². The van der Waals surface area contributed by atoms with Gasteiger partial charge in [0.15, 0.2) is 0 Å². The molecular formula is C4H2F8O4S2. The number of rotatable bonds is 6. The largest absolute Gasteiger partial charge is 0.413 e. The molecule has 0 aliphatic heterocycles. The SMILES string of the molecule is O=S(O)C(F)(F)C(F)(F)C(F)(F)C(F)(F)SOO. The van der Waals surface area contributed by atoms with E-state index in [4.69, 9.17) is 9.81 Å². The smallest absolute Gasteiger partial charge is 0.301 e. The fourth-order valence-corrected chi connectivity index (χ4v) is 1.25. The van der Waals surface area contributed by atoms with Crippen molar-refractivity contribution < 1.29 is 53.5 Å². The molecule has 0 heterocycles. The molecule has 0 amide bonds. The van der Waals surface area contributed by atoms with E-state index < -0.39 is 45.5 Å². The van der Waals surface area contributed by atoms with Crippen molar-refractivity contribution in [1.82, 2.24) is 0 Å². The van der Waals surface area contributed by atoms with Crippen LogP contribution in [-0.2, 0) is 15.4 Å². The Balaban J connectivity index is 5.65. The third kappa shape index (κ3) is 2.56. The zero-order valence-electron chi connectivity index (χ0n) is 7.55. The molecule has 0 aromatic rings. The van der Waals surface area contributed by atoms with Crippen molar-refractivity contribution in [3.8, 4) is 0 Å². The second-order valence-corrected chi connectivity index (χ2v) is 4.43. The van der Waals surface area contributed by atoms with Crippen LogP contribution in [0.25, 0.3) is 0 Å². The van der Waals surface area contributed by atoms with Crippen LogP contribution in [0, 0.1) is 0 Å². The van der Waals surface area contributed by atoms with Gasteiger partial charge in [-0.2, -0.15) is 39.5 Å². The zero-order valence-corrected chi connectivity index (χ0v) is 9.18. The molecule has 0 saturated carbocycles. The van der Waals surface area contributed by atoms with Crippen LogP contribution in [0.4, 0.5) is 35.1 Å². The van der Waals surface area contributed by atoms with Crippen LogP contribution in [0.1, 0.15) is 0 Å². The highest BCUT2D eigenvalue weighted by Crippen LogP contribution is 2.56. The van der Waals surface area contributed by atoms with Crippen molar-refractivity contribution >= 4 is 23.1 Å². The fraction of sp³-hybridized carbons (Fsp3) is 1.00. The maximum Gasteiger partial charge on any atom is 0.413 e. The van der Waals surface area contributed by atoms with Crippen molar-refractivity contribution in [2.45, 2.75) is 22.4 Å². The highest BCUT2D eigenvalue weighted by molar-refractivity contribution is 7.95. The molecular weight excluding hydrogens is 328 g/mol. The molecule has 0 aromatic carbocycles. The number of hydrogen-bond donors (Lipinski definition) is 2. The van der Waals surface area contributed by atoms with Crippen molar-refractivity contribution in [3.63, 3.8) is 0 Å². The lowest BCUT2D eigenvalue weighted by molar-refractivity contribution is -0.326. The summed E-state index contributed by atoms with van der Waals surface area (Å²) in [7, 11) is 0. The van der Waals surface area contributed by atoms with Crippen LogP contribution in [0.15, 0.2) is 0 Å². The molecule has 0 spiro atoms. The van der Waals surface area contributed by atoms with Gasteiger partial charge in [-0.1, -0.05) is 0 Å². The van der Waals surface area contributed by atoms with E-state index in [1.165, 1.54) is 0 Å². The Morgan fingerprint density at radius 2 is 1.33 bits per heavy atom. The van der Waals surface area contributed by atoms with Crippen LogP contribution in [-0.4, -0.2) is 36.4 Å². The Kier molecular flexibility index (Phi) is 5.02. The summed E-state index contributed by atoms with van der Waals surface area (Å²) in [4.78, 5) is 0. The first kappa shape index (κ1) is 17.8. The molecule has 0 radical (unpaired) electrons. The second kappa shape index (κ2) is 5.07. The first-order chi connectivity index (χ1) is 7.75. The molecule has 0 rings (SSSR count). The van der Waals surface area contributed by atoms with Gasteiger partial charge in [0, 0.05) is 0 Å². The van der Waals surface area contributed by atoms with Crippen molar-refractivity contribution in [3.05, 3.63) is 0 Å². The first-order valence-corrected chi connectivity index (χ1v) is 5.22. The molecule has 0 fully saturated rings. The van der Waals surface area contributed by atoms with Crippen LogP contribution in [0.3, 0.4) is 0 Å². The first-order valence-electron chi connectivity index (χ1n) is 3.37. The van der Waals surface area contributed by atoms with Crippen LogP contribution in [0.5, 0.6) is 0 Å². The van der Waals surface area contributed by atoms with Crippen LogP contribution >= 0.6 is 12.0 Å². The summed E-state index contributed by atoms with van der Waals surface area (Å²) in [5, 5.41) is -4.89. The summed E-state index contributed by atoms with van der Waals surface area (Å²) in [5.74, 6) is -13.7. The van der Waals surface area contributed by atoms with Gasteiger partial charge in [-0.05, 0) is 0 Å². The average molecular weight is 330 g/mol. The Morgan fingerprint density at radius 1 is 0.944 bits per heavy atom. The monoisotopic (exact) mass is 330 g/mol. The van der Waals surface area contributed by atoms with Gasteiger partial charge in [-0.3, -0.25) is 0 Å². The molecule has 0 aliphatic rings. The highest BCUT2D eigenvalue weighted by Gasteiger charge is 2.83. The summed E-state index contributed by atoms with van der Waals surface area (Å²) in [5.41, 5.74) is 0. The Bertz CT molecular complexity index is 333. The van der Waals surface area contributed by atoms with E-state index in [2.05, 4.69) is 4.33 Å². The number of hydrogen-bond acceptors (Lipinski definition) is 4. The molecule has 4 nitrogen and oxygen atoms in total. The quantitative estimate of drug-likeness (QED) is 0.258. The third-order valence-corrected chi connectivity index (χ3v) is 2.72. The molecule has 14 heteroatoms. The molecule has 0 bridgehead atoms. The van der Waals surface area contributed by atoms with E-state index in [9.17, 15) is 39.3 Å². The zero-order chi connectivity index (χ0) is 15.0. The average Bonchev–Trinajstić information content (AvgIpc) is 2.16. The van der Waals surface area contributed by atoms with E-state index >= 15 is 0 Å². The molecule has 1 unspecified atom stereocenters. The van der Waals surface area contributed by atoms with Gasteiger partial charge in [-0.25, -0.2) is 9.47 Å². The summed E-state index contributed by atoms with van der Waals surface area (Å²) in [6, 6.07) is 0. The predicted octanol–water partition coefficient (Wildman–Crippen LogP) is 2.80. The van der Waals surface area contributed by atoms with Gasteiger partial charge >= 0.3 is 22.4 Å². The van der Waals surface area contributed by atoms with E-state index in [1.807, 2.05) is 0 Å². The van der Waals surface area contributed by atoms with E-state index in [0.29, 0.717) is 0 Å². The minimum absolute atomic E-state index is 1.93. The highest BCUT2D eigenvalue weighted by atomic mass is 32.2. The summed E-state index contributed by atoms with van der Waals surface area (Å²) in [6.45, 7) is 0. The summed E-state index contributed by atoms with van der Waals surface area (Å²) >= 11 is -6.77. The van der Waals surface area contributed by atoms with Gasteiger partial charge in [0.2, 0.25) is 11.1 Å². The Morgan fingerprint density at radius 3 is 1.61 bits per heavy atom. The Labute approximate surface area is 99.7 Å². The van der Waals surface area contributed by atoms with E-state index in [1.54, 1.807) is 0 Å². The normalized spacial score (nSPS) is 16.8. The molecule has 1 atom stereocenters. The van der Waals surface area contributed by atoms with Gasteiger partial charge in [0.1, 0.15) is 12.0 Å². The maximum atomic E-state index is 12.6. The molecule has 18 heavy (non-hydrogen) atoms. The topological polar surface area (TPSA) is 66.8 Å². The lowest BCUT2D eigenvalue weighted by atomic mass is 10.2. The lowest BCUT2D eigenvalue weighted by Crippen LogP contribution is -2.62. The lowest BCUT2D eigenvalue weighted by Gasteiger charge is -2.33. The molecule has 0 aliphatic carbocycles. The van der Waals surface area contributed by atoms with E-state index in [0.717, 1.165) is 0 Å². The van der Waals surface area contributed by atoms with Gasteiger partial charge < -0.3 is 4.55 Å².